The van der Waals surface area contributed by atoms with Crippen molar-refractivity contribution >= 4 is 15.8 Å². The van der Waals surface area contributed by atoms with Crippen LogP contribution >= 0.6 is 0 Å². The summed E-state index contributed by atoms with van der Waals surface area (Å²) < 4.78 is 31.8. The van der Waals surface area contributed by atoms with Crippen LogP contribution in [0.25, 0.3) is 0 Å². The molecule has 2 aliphatic heterocycles. The van der Waals surface area contributed by atoms with Crippen LogP contribution < -0.4 is 15.0 Å². The molecule has 0 aliphatic carbocycles. The molecular weight excluding hydrogens is 354 g/mol. The van der Waals surface area contributed by atoms with Crippen molar-refractivity contribution in [2.24, 2.45) is 5.92 Å². The second-order valence-electron chi connectivity index (χ2n) is 7.20. The highest BCUT2D eigenvalue weighted by Gasteiger charge is 2.29. The molecule has 1 aromatic rings. The highest BCUT2D eigenvalue weighted by molar-refractivity contribution is 7.89. The SMILES string of the molecule is CC(C)S(=O)(=O)N1CCN(c2cnc(OCC3CCNCC3)cn2)CC1. The number of ether oxygens (including phenoxy) is 1. The van der Waals surface area contributed by atoms with E-state index in [4.69, 9.17) is 4.74 Å². The number of nitrogens with zero attached hydrogens (tertiary/aromatic N) is 4. The van der Waals surface area contributed by atoms with Crippen LogP contribution in [0, 0.1) is 5.92 Å². The number of piperidine rings is 1. The van der Waals surface area contributed by atoms with Crippen molar-refractivity contribution in [1.82, 2.24) is 19.6 Å². The molecule has 0 radical (unpaired) electrons. The van der Waals surface area contributed by atoms with Gasteiger partial charge in [-0.2, -0.15) is 4.31 Å². The zero-order valence-electron chi connectivity index (χ0n) is 15.6. The molecule has 146 valence electrons. The number of sulfonamides is 1. The molecule has 1 aromatic heterocycles. The summed E-state index contributed by atoms with van der Waals surface area (Å²) in [4.78, 5) is 10.9. The first kappa shape index (κ1) is 19.3. The van der Waals surface area contributed by atoms with Gasteiger partial charge in [0.15, 0.2) is 0 Å². The molecule has 0 aromatic carbocycles. The molecule has 0 spiro atoms. The topological polar surface area (TPSA) is 87.7 Å². The van der Waals surface area contributed by atoms with Gasteiger partial charge in [-0.3, -0.25) is 0 Å². The van der Waals surface area contributed by atoms with E-state index in [1.54, 1.807) is 30.5 Å². The molecule has 0 saturated carbocycles. The van der Waals surface area contributed by atoms with Crippen molar-refractivity contribution in [3.63, 3.8) is 0 Å². The van der Waals surface area contributed by atoms with Gasteiger partial charge >= 0.3 is 0 Å². The number of aromatic nitrogens is 2. The average molecular weight is 384 g/mol. The fraction of sp³-hybridized carbons (Fsp3) is 0.765. The fourth-order valence-corrected chi connectivity index (χ4v) is 4.54. The normalized spacial score (nSPS) is 20.5. The van der Waals surface area contributed by atoms with Crippen LogP contribution in [0.1, 0.15) is 26.7 Å². The van der Waals surface area contributed by atoms with Crippen molar-refractivity contribution in [2.45, 2.75) is 31.9 Å². The predicted molar refractivity (Wildman–Crippen MR) is 101 cm³/mol. The quantitative estimate of drug-likeness (QED) is 0.774. The van der Waals surface area contributed by atoms with E-state index in [2.05, 4.69) is 20.2 Å². The van der Waals surface area contributed by atoms with Gasteiger partial charge in [-0.15, -0.1) is 0 Å². The lowest BCUT2D eigenvalue weighted by molar-refractivity contribution is 0.208. The Kier molecular flexibility index (Phi) is 6.31. The second-order valence-corrected chi connectivity index (χ2v) is 9.69. The third kappa shape index (κ3) is 4.63. The first-order chi connectivity index (χ1) is 12.5. The highest BCUT2D eigenvalue weighted by Crippen LogP contribution is 2.19. The van der Waals surface area contributed by atoms with Crippen LogP contribution in [0.5, 0.6) is 5.88 Å². The molecule has 8 nitrogen and oxygen atoms in total. The van der Waals surface area contributed by atoms with Gasteiger partial charge < -0.3 is 15.0 Å². The molecule has 3 heterocycles. The Bertz CT molecular complexity index is 666. The van der Waals surface area contributed by atoms with Crippen LogP contribution in [0.2, 0.25) is 0 Å². The fourth-order valence-electron chi connectivity index (χ4n) is 3.27. The maximum Gasteiger partial charge on any atom is 0.232 e. The van der Waals surface area contributed by atoms with Crippen LogP contribution in [-0.4, -0.2) is 73.8 Å². The minimum atomic E-state index is -3.18. The number of hydrogen-bond acceptors (Lipinski definition) is 7. The van der Waals surface area contributed by atoms with Crippen molar-refractivity contribution in [2.75, 3.05) is 50.8 Å². The standard InChI is InChI=1S/C17H29N5O3S/c1-14(2)26(23,24)22-9-7-21(8-10-22)16-11-20-17(12-19-16)25-13-15-3-5-18-6-4-15/h11-12,14-15,18H,3-10,13H2,1-2H3. The van der Waals surface area contributed by atoms with Gasteiger partial charge in [-0.25, -0.2) is 18.4 Å². The lowest BCUT2D eigenvalue weighted by Crippen LogP contribution is -2.50. The molecule has 2 saturated heterocycles. The molecule has 3 rings (SSSR count). The third-order valence-electron chi connectivity index (χ3n) is 5.06. The Labute approximate surface area is 156 Å². The van der Waals surface area contributed by atoms with Gasteiger partial charge in [0.1, 0.15) is 5.82 Å². The van der Waals surface area contributed by atoms with Gasteiger partial charge in [0, 0.05) is 26.2 Å². The zero-order valence-corrected chi connectivity index (χ0v) is 16.4. The zero-order chi connectivity index (χ0) is 18.6. The average Bonchev–Trinajstić information content (AvgIpc) is 2.67. The lowest BCUT2D eigenvalue weighted by Gasteiger charge is -2.35. The van der Waals surface area contributed by atoms with Crippen molar-refractivity contribution in [3.8, 4) is 5.88 Å². The Morgan fingerprint density at radius 1 is 1.15 bits per heavy atom. The van der Waals surface area contributed by atoms with Gasteiger partial charge in [-0.05, 0) is 45.7 Å². The van der Waals surface area contributed by atoms with E-state index in [9.17, 15) is 8.42 Å². The van der Waals surface area contributed by atoms with E-state index >= 15 is 0 Å². The molecule has 2 aliphatic rings. The second kappa shape index (κ2) is 8.49. The van der Waals surface area contributed by atoms with Gasteiger partial charge in [0.2, 0.25) is 15.9 Å². The Balaban J connectivity index is 1.50. The largest absolute Gasteiger partial charge is 0.476 e. The van der Waals surface area contributed by atoms with Crippen molar-refractivity contribution in [1.29, 1.82) is 0 Å². The Morgan fingerprint density at radius 3 is 2.42 bits per heavy atom. The molecule has 0 amide bonds. The Morgan fingerprint density at radius 2 is 1.85 bits per heavy atom. The number of nitrogens with one attached hydrogen (secondary N) is 1. The maximum absolute atomic E-state index is 12.2. The van der Waals surface area contributed by atoms with E-state index < -0.39 is 10.0 Å². The third-order valence-corrected chi connectivity index (χ3v) is 7.33. The van der Waals surface area contributed by atoms with E-state index in [0.29, 0.717) is 44.6 Å². The van der Waals surface area contributed by atoms with E-state index in [0.717, 1.165) is 31.7 Å². The molecule has 26 heavy (non-hydrogen) atoms. The van der Waals surface area contributed by atoms with Crippen LogP contribution in [0.4, 0.5) is 5.82 Å². The summed E-state index contributed by atoms with van der Waals surface area (Å²) in [6, 6.07) is 0. The summed E-state index contributed by atoms with van der Waals surface area (Å²) >= 11 is 0. The number of rotatable bonds is 6. The van der Waals surface area contributed by atoms with Gasteiger partial charge in [-0.1, -0.05) is 0 Å². The molecule has 1 N–H and O–H groups in total. The summed E-state index contributed by atoms with van der Waals surface area (Å²) in [6.45, 7) is 8.43. The highest BCUT2D eigenvalue weighted by atomic mass is 32.2. The van der Waals surface area contributed by atoms with Crippen LogP contribution in [-0.2, 0) is 10.0 Å². The smallest absolute Gasteiger partial charge is 0.232 e. The first-order valence-electron chi connectivity index (χ1n) is 9.36. The first-order valence-corrected chi connectivity index (χ1v) is 10.9. The van der Waals surface area contributed by atoms with E-state index in [1.165, 1.54) is 0 Å². The number of piperazine rings is 1. The van der Waals surface area contributed by atoms with Gasteiger partial charge in [0.25, 0.3) is 0 Å². The molecule has 0 unspecified atom stereocenters. The van der Waals surface area contributed by atoms with Crippen molar-refractivity contribution in [3.05, 3.63) is 12.4 Å². The lowest BCUT2D eigenvalue weighted by atomic mass is 9.99. The van der Waals surface area contributed by atoms with E-state index in [-0.39, 0.29) is 5.25 Å². The van der Waals surface area contributed by atoms with Crippen molar-refractivity contribution < 1.29 is 13.2 Å². The summed E-state index contributed by atoms with van der Waals surface area (Å²) in [7, 11) is -3.18. The monoisotopic (exact) mass is 383 g/mol. The molecule has 0 atom stereocenters. The number of anilines is 1. The van der Waals surface area contributed by atoms with E-state index in [1.807, 2.05) is 0 Å². The Hall–Kier alpha value is -1.45. The molecular formula is C17H29N5O3S. The van der Waals surface area contributed by atoms with Crippen LogP contribution in [0.15, 0.2) is 12.4 Å². The summed E-state index contributed by atoms with van der Waals surface area (Å²) in [5, 5.41) is 2.96. The van der Waals surface area contributed by atoms with Crippen LogP contribution in [0.3, 0.4) is 0 Å². The summed E-state index contributed by atoms with van der Waals surface area (Å²) in [5.41, 5.74) is 0. The minimum Gasteiger partial charge on any atom is -0.476 e. The molecule has 9 heteroatoms. The van der Waals surface area contributed by atoms with Gasteiger partial charge in [0.05, 0.1) is 24.3 Å². The summed E-state index contributed by atoms with van der Waals surface area (Å²) in [6.07, 6.45) is 5.64. The maximum atomic E-state index is 12.2. The number of hydrogen-bond donors (Lipinski definition) is 1. The predicted octanol–water partition coefficient (Wildman–Crippen LogP) is 0.715. The molecule has 2 fully saturated rings. The minimum absolute atomic E-state index is 0.384. The summed E-state index contributed by atoms with van der Waals surface area (Å²) in [5.74, 6) is 1.89. The molecule has 0 bridgehead atoms.